The number of terminal acetylenes is 1. The van der Waals surface area contributed by atoms with Crippen LogP contribution in [0.4, 0.5) is 10.2 Å². The molecule has 1 unspecified atom stereocenters. The second kappa shape index (κ2) is 13.2. The first-order valence-corrected chi connectivity index (χ1v) is 17.2. The molecule has 0 saturated carbocycles. The van der Waals surface area contributed by atoms with Crippen molar-refractivity contribution in [3.05, 3.63) is 54.6 Å². The molecule has 0 spiro atoms. The summed E-state index contributed by atoms with van der Waals surface area (Å²) in [6.45, 7) is 2.69. The number of aryl methyl sites for hydroxylation is 1. The molecule has 15 heteroatoms. The highest BCUT2D eigenvalue weighted by Crippen LogP contribution is 2.49. The molecule has 0 aliphatic carbocycles. The number of esters is 1. The number of aromatic nitrogens is 4. The fourth-order valence-corrected chi connectivity index (χ4v) is 7.51. The van der Waals surface area contributed by atoms with E-state index >= 15 is 4.39 Å². The smallest absolute Gasteiger partial charge is 0.323 e. The molecule has 12 nitrogen and oxygen atoms in total. The van der Waals surface area contributed by atoms with Gasteiger partial charge in [-0.25, -0.2) is 24.4 Å². The number of halogens is 1. The standard InChI is InChI=1S/C31H36FN6O6PS/c1-8-31(32)26(39)24(43-30(31)38-17-33-25-27(37(6)7)34-20(5)35-28(25)38)16-41-45(46,36-19(4)29(40)42-18(2)3)44-23-15-11-13-21-12-9-10-14-22(21)23/h1,9-15,17-19,24,26,30,39H,16H2,2-7H3,(H,36,46)/t19-,24-,26-,30-,31-,45?/m1/s1. The van der Waals surface area contributed by atoms with Gasteiger partial charge < -0.3 is 28.5 Å². The Morgan fingerprint density at radius 2 is 1.98 bits per heavy atom. The van der Waals surface area contributed by atoms with Gasteiger partial charge in [0.05, 0.1) is 19.0 Å². The Kier molecular flexibility index (Phi) is 9.65. The van der Waals surface area contributed by atoms with Crippen LogP contribution >= 0.6 is 6.64 Å². The van der Waals surface area contributed by atoms with Crippen LogP contribution in [0.1, 0.15) is 32.8 Å². The van der Waals surface area contributed by atoms with Crippen molar-refractivity contribution >= 4 is 52.2 Å². The normalized spacial score (nSPS) is 23.3. The molecule has 244 valence electrons. The van der Waals surface area contributed by atoms with Crippen molar-refractivity contribution < 1.29 is 32.8 Å². The van der Waals surface area contributed by atoms with Crippen molar-refractivity contribution in [3.8, 4) is 18.1 Å². The van der Waals surface area contributed by atoms with Crippen molar-refractivity contribution in [2.24, 2.45) is 0 Å². The molecule has 2 aromatic heterocycles. The van der Waals surface area contributed by atoms with Gasteiger partial charge in [0, 0.05) is 19.5 Å². The van der Waals surface area contributed by atoms with Crippen LogP contribution in [-0.4, -0.2) is 81.3 Å². The van der Waals surface area contributed by atoms with Gasteiger partial charge in [0.25, 0.3) is 0 Å². The number of carbonyl (C=O) groups is 1. The topological polar surface area (TPSA) is 133 Å². The largest absolute Gasteiger partial charge is 0.462 e. The van der Waals surface area contributed by atoms with Crippen LogP contribution in [0.5, 0.6) is 5.75 Å². The molecule has 0 radical (unpaired) electrons. The fraction of sp³-hybridized carbons (Fsp3) is 0.419. The van der Waals surface area contributed by atoms with Crippen LogP contribution < -0.4 is 14.5 Å². The van der Waals surface area contributed by atoms with Crippen molar-refractivity contribution in [1.82, 2.24) is 24.6 Å². The summed E-state index contributed by atoms with van der Waals surface area (Å²) in [5.74, 6) is 2.85. The van der Waals surface area contributed by atoms with Gasteiger partial charge in [-0.3, -0.25) is 9.36 Å². The summed E-state index contributed by atoms with van der Waals surface area (Å²) in [6.07, 6.45) is 2.00. The minimum absolute atomic E-state index is 0.274. The lowest BCUT2D eigenvalue weighted by Gasteiger charge is -2.28. The molecule has 46 heavy (non-hydrogen) atoms. The van der Waals surface area contributed by atoms with Crippen LogP contribution in [0.25, 0.3) is 21.9 Å². The summed E-state index contributed by atoms with van der Waals surface area (Å²) in [7, 11) is 3.60. The van der Waals surface area contributed by atoms with E-state index in [9.17, 15) is 9.90 Å². The van der Waals surface area contributed by atoms with Crippen molar-refractivity contribution in [2.45, 2.75) is 63.9 Å². The SMILES string of the molecule is C#C[C@@]1(F)[C@H](O)[C@@H](COP(=S)(N[C@H](C)C(=O)OC(C)C)Oc2cccc3ccccc23)O[C@H]1n1cnc2c(N(C)C)nc(C)nc21. The lowest BCUT2D eigenvalue weighted by Crippen LogP contribution is -2.42. The predicted octanol–water partition coefficient (Wildman–Crippen LogP) is 4.20. The third-order valence-corrected chi connectivity index (χ3v) is 9.78. The highest BCUT2D eigenvalue weighted by Gasteiger charge is 2.58. The van der Waals surface area contributed by atoms with E-state index in [-0.39, 0.29) is 11.8 Å². The number of aliphatic hydroxyl groups excluding tert-OH is 1. The van der Waals surface area contributed by atoms with Gasteiger partial charge in [-0.1, -0.05) is 42.3 Å². The van der Waals surface area contributed by atoms with Crippen molar-refractivity contribution in [1.29, 1.82) is 0 Å². The first kappa shape index (κ1) is 33.7. The van der Waals surface area contributed by atoms with E-state index in [1.165, 1.54) is 10.9 Å². The van der Waals surface area contributed by atoms with E-state index in [1.807, 2.05) is 30.3 Å². The number of anilines is 1. The molecule has 4 aromatic rings. The number of ether oxygens (including phenoxy) is 2. The summed E-state index contributed by atoms with van der Waals surface area (Å²) in [5.41, 5.74) is -2.02. The number of alkyl halides is 1. The number of aliphatic hydroxyl groups is 1. The van der Waals surface area contributed by atoms with Gasteiger partial charge in [0.2, 0.25) is 5.67 Å². The van der Waals surface area contributed by atoms with Crippen LogP contribution in [0.15, 0.2) is 48.8 Å². The number of hydrogen-bond donors (Lipinski definition) is 2. The van der Waals surface area contributed by atoms with Gasteiger partial charge >= 0.3 is 12.6 Å². The lowest BCUT2D eigenvalue weighted by molar-refractivity contribution is -0.149. The Hall–Kier alpha value is -3.70. The summed E-state index contributed by atoms with van der Waals surface area (Å²) < 4.78 is 41.6. The zero-order valence-electron chi connectivity index (χ0n) is 26.2. The van der Waals surface area contributed by atoms with Crippen LogP contribution in [0, 0.1) is 19.3 Å². The molecule has 1 aliphatic heterocycles. The Labute approximate surface area is 271 Å². The number of rotatable bonds is 11. The average molecular weight is 671 g/mol. The van der Waals surface area contributed by atoms with E-state index in [2.05, 4.69) is 26.0 Å². The molecule has 2 N–H and O–H groups in total. The van der Waals surface area contributed by atoms with Gasteiger partial charge in [-0.05, 0) is 51.0 Å². The number of carbonyl (C=O) groups excluding carboxylic acids is 1. The second-order valence-corrected chi connectivity index (χ2v) is 14.5. The molecule has 3 heterocycles. The lowest BCUT2D eigenvalue weighted by atomic mass is 9.97. The molecular formula is C31H36FN6O6PS. The first-order chi connectivity index (χ1) is 21.8. The maximum absolute atomic E-state index is 16.5. The highest BCUT2D eigenvalue weighted by molar-refractivity contribution is 8.09. The zero-order chi connectivity index (χ0) is 33.4. The second-order valence-electron chi connectivity index (χ2n) is 11.4. The minimum Gasteiger partial charge on any atom is -0.462 e. The third kappa shape index (κ3) is 6.57. The number of nitrogens with one attached hydrogen (secondary N) is 1. The maximum Gasteiger partial charge on any atom is 0.323 e. The van der Waals surface area contributed by atoms with E-state index in [4.69, 9.17) is 36.8 Å². The van der Waals surface area contributed by atoms with Gasteiger partial charge in [0.15, 0.2) is 23.2 Å². The Morgan fingerprint density at radius 3 is 2.67 bits per heavy atom. The summed E-state index contributed by atoms with van der Waals surface area (Å²) in [6, 6.07) is 12.0. The Bertz CT molecular complexity index is 1840. The zero-order valence-corrected chi connectivity index (χ0v) is 28.0. The number of hydrogen-bond acceptors (Lipinski definition) is 11. The fourth-order valence-electron chi connectivity index (χ4n) is 5.09. The summed E-state index contributed by atoms with van der Waals surface area (Å²) in [5, 5.41) is 15.8. The molecule has 5 rings (SSSR count). The maximum atomic E-state index is 16.5. The van der Waals surface area contributed by atoms with Gasteiger partial charge in [-0.2, -0.15) is 0 Å². The number of fused-ring (bicyclic) bond motifs is 2. The van der Waals surface area contributed by atoms with E-state index in [0.29, 0.717) is 22.9 Å². The van der Waals surface area contributed by atoms with Crippen LogP contribution in [0.2, 0.25) is 0 Å². The van der Waals surface area contributed by atoms with E-state index in [1.54, 1.807) is 58.8 Å². The first-order valence-electron chi connectivity index (χ1n) is 14.5. The Balaban J connectivity index is 1.45. The molecule has 0 amide bonds. The average Bonchev–Trinajstić information content (AvgIpc) is 3.53. The quantitative estimate of drug-likeness (QED) is 0.135. The van der Waals surface area contributed by atoms with Crippen molar-refractivity contribution in [3.63, 3.8) is 0 Å². The van der Waals surface area contributed by atoms with Crippen LogP contribution in [0.3, 0.4) is 0 Å². The summed E-state index contributed by atoms with van der Waals surface area (Å²) in [4.78, 5) is 27.7. The van der Waals surface area contributed by atoms with Crippen molar-refractivity contribution in [2.75, 3.05) is 25.6 Å². The van der Waals surface area contributed by atoms with E-state index < -0.39 is 49.4 Å². The Morgan fingerprint density at radius 1 is 1.26 bits per heavy atom. The molecule has 1 fully saturated rings. The number of benzene rings is 2. The van der Waals surface area contributed by atoms with Crippen LogP contribution in [-0.2, 0) is 30.6 Å². The monoisotopic (exact) mass is 670 g/mol. The molecule has 6 atom stereocenters. The number of imidazole rings is 1. The number of nitrogens with zero attached hydrogens (tertiary/aromatic N) is 5. The minimum atomic E-state index is -3.60. The van der Waals surface area contributed by atoms with Gasteiger partial charge in [0.1, 0.15) is 29.8 Å². The predicted molar refractivity (Wildman–Crippen MR) is 176 cm³/mol. The highest BCUT2D eigenvalue weighted by atomic mass is 32.5. The molecule has 2 aromatic carbocycles. The molecule has 0 bridgehead atoms. The molecular weight excluding hydrogens is 634 g/mol. The third-order valence-electron chi connectivity index (χ3n) is 7.29. The molecule has 1 aliphatic rings. The van der Waals surface area contributed by atoms with Gasteiger partial charge in [-0.15, -0.1) is 6.42 Å². The van der Waals surface area contributed by atoms with E-state index in [0.717, 1.165) is 10.8 Å². The molecule has 1 saturated heterocycles. The summed E-state index contributed by atoms with van der Waals surface area (Å²) >= 11 is 5.88.